The molecule has 0 aliphatic carbocycles. The normalized spacial score (nSPS) is 24.7. The molecule has 2 heterocycles. The first-order valence-corrected chi connectivity index (χ1v) is 7.73. The Balaban J connectivity index is 2.40. The van der Waals surface area contributed by atoms with Crippen LogP contribution in [0.4, 0.5) is 0 Å². The van der Waals surface area contributed by atoms with Crippen LogP contribution in [0.25, 0.3) is 0 Å². The van der Waals surface area contributed by atoms with Crippen LogP contribution < -0.4 is 5.56 Å². The molecule has 1 aliphatic rings. The van der Waals surface area contributed by atoms with Crippen LogP contribution in [0.2, 0.25) is 0 Å². The summed E-state index contributed by atoms with van der Waals surface area (Å²) < 4.78 is 22.1. The molecule has 0 aromatic carbocycles. The molecule has 1 aliphatic heterocycles. The second-order valence-electron chi connectivity index (χ2n) is 5.65. The van der Waals surface area contributed by atoms with Crippen LogP contribution in [0.1, 0.15) is 27.0 Å². The number of ether oxygens (including phenoxy) is 4. The minimum atomic E-state index is -1.15. The summed E-state index contributed by atoms with van der Waals surface area (Å²) >= 11 is 0. The Morgan fingerprint density at radius 2 is 1.73 bits per heavy atom. The lowest BCUT2D eigenvalue weighted by Crippen LogP contribution is -2.41. The summed E-state index contributed by atoms with van der Waals surface area (Å²) in [6.07, 6.45) is -3.10. The SMILES string of the molecule is CC(=O)OC[C@H]1O[C@@H](n2ccc(O)cc2=O)[C@H](OC(C)=O)[C@@H]1OC(C)=O. The maximum absolute atomic E-state index is 12.1. The lowest BCUT2D eigenvalue weighted by atomic mass is 10.1. The third kappa shape index (κ3) is 4.60. The van der Waals surface area contributed by atoms with Crippen LogP contribution in [-0.2, 0) is 33.3 Å². The molecular weight excluding hydrogens is 350 g/mol. The molecular formula is C16H19NO9. The van der Waals surface area contributed by atoms with E-state index in [2.05, 4.69) is 0 Å². The van der Waals surface area contributed by atoms with E-state index in [0.29, 0.717) is 0 Å². The Bertz CT molecular complexity index is 756. The van der Waals surface area contributed by atoms with Crippen LogP contribution in [0.3, 0.4) is 0 Å². The Hall–Kier alpha value is -2.88. The van der Waals surface area contributed by atoms with Gasteiger partial charge in [-0.2, -0.15) is 0 Å². The molecule has 142 valence electrons. The van der Waals surface area contributed by atoms with Crippen LogP contribution in [-0.4, -0.2) is 52.5 Å². The van der Waals surface area contributed by atoms with Gasteiger partial charge < -0.3 is 24.1 Å². The number of hydrogen-bond acceptors (Lipinski definition) is 9. The van der Waals surface area contributed by atoms with Crippen molar-refractivity contribution in [1.82, 2.24) is 4.57 Å². The standard InChI is InChI=1S/C16H19NO9/c1-8(18)23-7-12-14(24-9(2)19)15(25-10(3)20)16(26-12)17-5-4-11(21)6-13(17)22/h4-6,12,14-16,21H,7H2,1-3H3/t12-,14-,15-,16-/m1/s1. The molecule has 2 rings (SSSR count). The van der Waals surface area contributed by atoms with Gasteiger partial charge in [0.2, 0.25) is 0 Å². The van der Waals surface area contributed by atoms with E-state index in [9.17, 15) is 24.3 Å². The first kappa shape index (κ1) is 19.4. The number of rotatable bonds is 5. The molecule has 0 amide bonds. The van der Waals surface area contributed by atoms with Crippen LogP contribution in [0.15, 0.2) is 23.1 Å². The second-order valence-corrected chi connectivity index (χ2v) is 5.65. The van der Waals surface area contributed by atoms with Crippen LogP contribution in [0.5, 0.6) is 5.75 Å². The monoisotopic (exact) mass is 369 g/mol. The molecule has 4 atom stereocenters. The van der Waals surface area contributed by atoms with Gasteiger partial charge in [0.25, 0.3) is 5.56 Å². The summed E-state index contributed by atoms with van der Waals surface area (Å²) in [4.78, 5) is 46.2. The zero-order valence-corrected chi connectivity index (χ0v) is 14.4. The fourth-order valence-corrected chi connectivity index (χ4v) is 2.61. The van der Waals surface area contributed by atoms with Crippen molar-refractivity contribution in [2.75, 3.05) is 6.61 Å². The quantitative estimate of drug-likeness (QED) is 0.557. The summed E-state index contributed by atoms with van der Waals surface area (Å²) in [6, 6.07) is 2.20. The number of hydrogen-bond donors (Lipinski definition) is 1. The van der Waals surface area contributed by atoms with E-state index in [1.54, 1.807) is 0 Å². The van der Waals surface area contributed by atoms with E-state index >= 15 is 0 Å². The lowest BCUT2D eigenvalue weighted by Gasteiger charge is -2.24. The number of carbonyl (C=O) groups is 3. The smallest absolute Gasteiger partial charge is 0.303 e. The second kappa shape index (κ2) is 8.00. The molecule has 1 saturated heterocycles. The molecule has 0 spiro atoms. The third-order valence-corrected chi connectivity index (χ3v) is 3.55. The highest BCUT2D eigenvalue weighted by atomic mass is 16.7. The van der Waals surface area contributed by atoms with Gasteiger partial charge >= 0.3 is 17.9 Å². The number of pyridine rings is 1. The van der Waals surface area contributed by atoms with Crippen molar-refractivity contribution in [3.63, 3.8) is 0 Å². The van der Waals surface area contributed by atoms with Crippen molar-refractivity contribution in [2.45, 2.75) is 45.3 Å². The van der Waals surface area contributed by atoms with Gasteiger partial charge in [0.15, 0.2) is 18.4 Å². The number of nitrogens with zero attached hydrogens (tertiary/aromatic N) is 1. The molecule has 0 saturated carbocycles. The molecule has 10 nitrogen and oxygen atoms in total. The largest absolute Gasteiger partial charge is 0.508 e. The van der Waals surface area contributed by atoms with E-state index in [-0.39, 0.29) is 12.4 Å². The Morgan fingerprint density at radius 1 is 1.12 bits per heavy atom. The van der Waals surface area contributed by atoms with E-state index in [1.165, 1.54) is 19.2 Å². The number of aromatic nitrogens is 1. The van der Waals surface area contributed by atoms with Gasteiger partial charge in [-0.1, -0.05) is 0 Å². The first-order chi connectivity index (χ1) is 12.2. The highest BCUT2D eigenvalue weighted by Gasteiger charge is 2.50. The molecule has 26 heavy (non-hydrogen) atoms. The van der Waals surface area contributed by atoms with Gasteiger partial charge in [-0.15, -0.1) is 0 Å². The zero-order chi connectivity index (χ0) is 19.4. The summed E-state index contributed by atoms with van der Waals surface area (Å²) in [6.45, 7) is 3.24. The van der Waals surface area contributed by atoms with Gasteiger partial charge in [0.05, 0.1) is 0 Å². The highest BCUT2D eigenvalue weighted by molar-refractivity contribution is 5.68. The van der Waals surface area contributed by atoms with E-state index < -0.39 is 48.0 Å². The zero-order valence-electron chi connectivity index (χ0n) is 14.4. The molecule has 1 aromatic rings. The van der Waals surface area contributed by atoms with Gasteiger partial charge in [-0.25, -0.2) is 0 Å². The maximum atomic E-state index is 12.1. The summed E-state index contributed by atoms with van der Waals surface area (Å²) in [5.41, 5.74) is -0.623. The minimum Gasteiger partial charge on any atom is -0.508 e. The number of esters is 3. The first-order valence-electron chi connectivity index (χ1n) is 7.73. The predicted octanol–water partition coefficient (Wildman–Crippen LogP) is -0.122. The van der Waals surface area contributed by atoms with Gasteiger partial charge in [0.1, 0.15) is 18.5 Å². The van der Waals surface area contributed by atoms with Crippen LogP contribution in [0, 0.1) is 0 Å². The van der Waals surface area contributed by atoms with Gasteiger partial charge in [0, 0.05) is 33.0 Å². The fourth-order valence-electron chi connectivity index (χ4n) is 2.61. The summed E-state index contributed by atoms with van der Waals surface area (Å²) in [7, 11) is 0. The fraction of sp³-hybridized carbons (Fsp3) is 0.500. The molecule has 0 radical (unpaired) electrons. The predicted molar refractivity (Wildman–Crippen MR) is 84.0 cm³/mol. The Morgan fingerprint density at radius 3 is 2.27 bits per heavy atom. The van der Waals surface area contributed by atoms with Gasteiger partial charge in [-0.05, 0) is 6.07 Å². The van der Waals surface area contributed by atoms with E-state index in [1.807, 2.05) is 0 Å². The minimum absolute atomic E-state index is 0.249. The molecule has 1 aromatic heterocycles. The number of carbonyl (C=O) groups excluding carboxylic acids is 3. The Labute approximate surface area is 148 Å². The van der Waals surface area contributed by atoms with Crippen LogP contribution >= 0.6 is 0 Å². The van der Waals surface area contributed by atoms with Crippen molar-refractivity contribution < 1.29 is 38.4 Å². The van der Waals surface area contributed by atoms with Crippen molar-refractivity contribution >= 4 is 17.9 Å². The topological polar surface area (TPSA) is 130 Å². The molecule has 1 fully saturated rings. The molecule has 1 N–H and O–H groups in total. The average molecular weight is 369 g/mol. The van der Waals surface area contributed by atoms with E-state index in [0.717, 1.165) is 24.5 Å². The Kier molecular flexibility index (Phi) is 5.98. The van der Waals surface area contributed by atoms with Gasteiger partial charge in [-0.3, -0.25) is 23.7 Å². The third-order valence-electron chi connectivity index (χ3n) is 3.55. The van der Waals surface area contributed by atoms with E-state index in [4.69, 9.17) is 18.9 Å². The molecule has 0 unspecified atom stereocenters. The molecule has 0 bridgehead atoms. The maximum Gasteiger partial charge on any atom is 0.303 e. The number of aromatic hydroxyl groups is 1. The lowest BCUT2D eigenvalue weighted by molar-refractivity contribution is -0.166. The van der Waals surface area contributed by atoms with Crippen molar-refractivity contribution in [1.29, 1.82) is 0 Å². The van der Waals surface area contributed by atoms with Crippen molar-refractivity contribution in [3.8, 4) is 5.75 Å². The summed E-state index contributed by atoms with van der Waals surface area (Å²) in [5, 5.41) is 9.39. The molecule has 10 heteroatoms. The van der Waals surface area contributed by atoms with Crippen molar-refractivity contribution in [3.05, 3.63) is 28.7 Å². The summed E-state index contributed by atoms with van der Waals surface area (Å²) in [5.74, 6) is -2.17. The highest BCUT2D eigenvalue weighted by Crippen LogP contribution is 2.33. The average Bonchev–Trinajstić information content (AvgIpc) is 2.82. The van der Waals surface area contributed by atoms with Crippen molar-refractivity contribution in [2.24, 2.45) is 0 Å².